The van der Waals surface area contributed by atoms with E-state index in [4.69, 9.17) is 5.11 Å². The Labute approximate surface area is 176 Å². The lowest BCUT2D eigenvalue weighted by atomic mass is 9.83. The van der Waals surface area contributed by atoms with Gasteiger partial charge < -0.3 is 5.11 Å². The molecule has 8 nitrogen and oxygen atoms in total. The Morgan fingerprint density at radius 2 is 1.90 bits per heavy atom. The molecule has 0 spiro atoms. The highest BCUT2D eigenvalue weighted by Crippen LogP contribution is 2.28. The number of carboxylic acid groups (broad SMARTS) is 1. The van der Waals surface area contributed by atoms with Crippen LogP contribution in [0.1, 0.15) is 56.9 Å². The second-order valence-corrected chi connectivity index (χ2v) is 9.06. The van der Waals surface area contributed by atoms with Crippen LogP contribution in [0.25, 0.3) is 6.08 Å². The number of nitro benzene ring substituents is 1. The monoisotopic (exact) mass is 436 g/mol. The maximum absolute atomic E-state index is 12.5. The van der Waals surface area contributed by atoms with E-state index >= 15 is 0 Å². The van der Waals surface area contributed by atoms with Gasteiger partial charge in [0.2, 0.25) is 10.0 Å². The van der Waals surface area contributed by atoms with Crippen LogP contribution in [-0.4, -0.2) is 30.5 Å². The van der Waals surface area contributed by atoms with Crippen LogP contribution in [0, 0.1) is 16.0 Å². The topological polar surface area (TPSA) is 127 Å². The molecular weight excluding hydrogens is 408 g/mol. The van der Waals surface area contributed by atoms with E-state index in [0.717, 1.165) is 37.5 Å². The molecule has 2 N–H and O–H groups in total. The molecule has 2 atom stereocenters. The van der Waals surface area contributed by atoms with E-state index < -0.39 is 20.9 Å². The van der Waals surface area contributed by atoms with Crippen LogP contribution in [0.15, 0.2) is 41.8 Å². The highest BCUT2D eigenvalue weighted by atomic mass is 32.2. The summed E-state index contributed by atoms with van der Waals surface area (Å²) in [5.41, 5.74) is 0.518. The van der Waals surface area contributed by atoms with E-state index in [9.17, 15) is 23.3 Å². The molecular formula is C21H28N2O6S. The molecule has 1 aromatic rings. The Kier molecular flexibility index (Phi) is 9.19. The number of nitrogens with one attached hydrogen (secondary N) is 1. The molecule has 2 unspecified atom stereocenters. The van der Waals surface area contributed by atoms with Gasteiger partial charge in [0.05, 0.1) is 4.92 Å². The number of unbranched alkanes of at least 4 members (excludes halogenated alkanes) is 1. The van der Waals surface area contributed by atoms with Crippen LogP contribution in [0.4, 0.5) is 5.69 Å². The van der Waals surface area contributed by atoms with Gasteiger partial charge in [-0.25, -0.2) is 13.1 Å². The Bertz CT molecular complexity index is 877. The normalized spacial score (nSPS) is 20.0. The summed E-state index contributed by atoms with van der Waals surface area (Å²) in [7, 11) is -3.64. The predicted octanol–water partition coefficient (Wildman–Crippen LogP) is 4.24. The van der Waals surface area contributed by atoms with Crippen molar-refractivity contribution < 1.29 is 23.2 Å². The van der Waals surface area contributed by atoms with Crippen molar-refractivity contribution in [1.82, 2.24) is 4.72 Å². The average Bonchev–Trinajstić information content (AvgIpc) is 2.70. The Balaban J connectivity index is 1.91. The molecule has 0 heterocycles. The third-order valence-corrected chi connectivity index (χ3v) is 6.26. The summed E-state index contributed by atoms with van der Waals surface area (Å²) in [5.74, 6) is -0.594. The molecule has 9 heteroatoms. The molecule has 0 aromatic heterocycles. The van der Waals surface area contributed by atoms with Gasteiger partial charge in [-0.2, -0.15) is 0 Å². The summed E-state index contributed by atoms with van der Waals surface area (Å²) in [4.78, 5) is 20.7. The van der Waals surface area contributed by atoms with Crippen molar-refractivity contribution in [3.05, 3.63) is 57.5 Å². The van der Waals surface area contributed by atoms with E-state index in [1.165, 1.54) is 30.3 Å². The number of rotatable bonds is 11. The molecule has 1 fully saturated rings. The van der Waals surface area contributed by atoms with Crippen LogP contribution < -0.4 is 4.72 Å². The molecule has 1 aliphatic rings. The minimum atomic E-state index is -3.64. The maximum atomic E-state index is 12.5. The zero-order valence-corrected chi connectivity index (χ0v) is 17.6. The lowest BCUT2D eigenvalue weighted by molar-refractivity contribution is -0.384. The summed E-state index contributed by atoms with van der Waals surface area (Å²) in [5, 5.41) is 20.4. The van der Waals surface area contributed by atoms with Crippen molar-refractivity contribution >= 4 is 27.8 Å². The molecule has 0 bridgehead atoms. The molecule has 30 heavy (non-hydrogen) atoms. The third kappa shape index (κ3) is 8.46. The van der Waals surface area contributed by atoms with Crippen molar-refractivity contribution in [2.24, 2.45) is 5.92 Å². The zero-order chi connectivity index (χ0) is 22.0. The van der Waals surface area contributed by atoms with E-state index in [1.807, 2.05) is 12.2 Å². The lowest BCUT2D eigenvalue weighted by Gasteiger charge is -2.31. The van der Waals surface area contributed by atoms with Gasteiger partial charge >= 0.3 is 5.97 Å². The molecule has 0 amide bonds. The smallest absolute Gasteiger partial charge is 0.303 e. The fourth-order valence-electron chi connectivity index (χ4n) is 3.53. The number of aliphatic carboxylic acids is 1. The first-order chi connectivity index (χ1) is 14.3. The molecule has 1 aliphatic carbocycles. The van der Waals surface area contributed by atoms with E-state index in [-0.39, 0.29) is 24.1 Å². The summed E-state index contributed by atoms with van der Waals surface area (Å²) in [6.07, 6.45) is 11.4. The molecule has 0 aliphatic heterocycles. The minimum absolute atomic E-state index is 0.0470. The van der Waals surface area contributed by atoms with Crippen molar-refractivity contribution in [2.75, 3.05) is 0 Å². The van der Waals surface area contributed by atoms with E-state index in [2.05, 4.69) is 4.72 Å². The number of non-ortho nitro benzene ring substituents is 1. The zero-order valence-electron chi connectivity index (χ0n) is 16.8. The number of hydrogen-bond acceptors (Lipinski definition) is 5. The summed E-state index contributed by atoms with van der Waals surface area (Å²) < 4.78 is 27.8. The largest absolute Gasteiger partial charge is 0.481 e. The SMILES string of the molecule is O=C(O)CCC/C=C/CC1CCCCC1NS(=O)(=O)/C=C/c1ccc([N+](=O)[O-])cc1. The lowest BCUT2D eigenvalue weighted by Crippen LogP contribution is -2.41. The van der Waals surface area contributed by atoms with Gasteiger partial charge in [-0.15, -0.1) is 0 Å². The standard InChI is InChI=1S/C21H28N2O6S/c24-21(25)10-4-2-1-3-7-18-8-5-6-9-20(18)22-30(28,29)16-15-17-11-13-19(14-12-17)23(26)27/h1,3,11-16,18,20,22H,2,4-10H2,(H,24,25)/b3-1+,16-15+. The Morgan fingerprint density at radius 3 is 2.57 bits per heavy atom. The molecule has 0 radical (unpaired) electrons. The van der Waals surface area contributed by atoms with Crippen molar-refractivity contribution in [3.8, 4) is 0 Å². The van der Waals surface area contributed by atoms with Crippen LogP contribution in [-0.2, 0) is 14.8 Å². The van der Waals surface area contributed by atoms with Gasteiger partial charge in [-0.3, -0.25) is 14.9 Å². The fraction of sp³-hybridized carbons (Fsp3) is 0.476. The Morgan fingerprint density at radius 1 is 1.20 bits per heavy atom. The van der Waals surface area contributed by atoms with Crippen LogP contribution >= 0.6 is 0 Å². The summed E-state index contributed by atoms with van der Waals surface area (Å²) >= 11 is 0. The third-order valence-electron chi connectivity index (χ3n) is 5.14. The first-order valence-corrected chi connectivity index (χ1v) is 11.6. The van der Waals surface area contributed by atoms with Gasteiger partial charge in [0.25, 0.3) is 5.69 Å². The second-order valence-electron chi connectivity index (χ2n) is 7.46. The van der Waals surface area contributed by atoms with Crippen LogP contribution in [0.5, 0.6) is 0 Å². The molecule has 164 valence electrons. The quantitative estimate of drug-likeness (QED) is 0.231. The molecule has 1 saturated carbocycles. The number of carboxylic acids is 1. The Hall–Kier alpha value is -2.52. The van der Waals surface area contributed by atoms with Gasteiger partial charge in [0.15, 0.2) is 0 Å². The molecule has 1 aromatic carbocycles. The fourth-order valence-corrected chi connectivity index (χ4v) is 4.68. The van der Waals surface area contributed by atoms with Gasteiger partial charge in [-0.1, -0.05) is 25.0 Å². The van der Waals surface area contributed by atoms with Crippen molar-refractivity contribution in [3.63, 3.8) is 0 Å². The van der Waals surface area contributed by atoms with Gasteiger partial charge in [0, 0.05) is 30.0 Å². The number of sulfonamides is 1. The highest BCUT2D eigenvalue weighted by molar-refractivity contribution is 7.92. The van der Waals surface area contributed by atoms with E-state index in [1.54, 1.807) is 0 Å². The number of carbonyl (C=O) groups is 1. The summed E-state index contributed by atoms with van der Waals surface area (Å²) in [6, 6.07) is 5.53. The minimum Gasteiger partial charge on any atom is -0.481 e. The van der Waals surface area contributed by atoms with Gasteiger partial charge in [-0.05, 0) is 61.8 Å². The number of benzene rings is 1. The average molecular weight is 437 g/mol. The van der Waals surface area contributed by atoms with E-state index in [0.29, 0.717) is 18.4 Å². The van der Waals surface area contributed by atoms with Crippen molar-refractivity contribution in [1.29, 1.82) is 0 Å². The number of allylic oxidation sites excluding steroid dienone is 2. The number of nitro groups is 1. The molecule has 0 saturated heterocycles. The first kappa shape index (κ1) is 23.8. The molecule has 2 rings (SSSR count). The van der Waals surface area contributed by atoms with Crippen LogP contribution in [0.2, 0.25) is 0 Å². The first-order valence-electron chi connectivity index (χ1n) is 10.1. The van der Waals surface area contributed by atoms with Crippen LogP contribution in [0.3, 0.4) is 0 Å². The maximum Gasteiger partial charge on any atom is 0.303 e. The second kappa shape index (κ2) is 11.6. The predicted molar refractivity (Wildman–Crippen MR) is 115 cm³/mol. The number of nitrogens with zero attached hydrogens (tertiary/aromatic N) is 1. The highest BCUT2D eigenvalue weighted by Gasteiger charge is 2.27. The number of hydrogen-bond donors (Lipinski definition) is 2. The van der Waals surface area contributed by atoms with Gasteiger partial charge in [0.1, 0.15) is 0 Å². The summed E-state index contributed by atoms with van der Waals surface area (Å²) in [6.45, 7) is 0. The van der Waals surface area contributed by atoms with Crippen molar-refractivity contribution in [2.45, 2.75) is 57.4 Å².